The van der Waals surface area contributed by atoms with E-state index in [1.807, 2.05) is 56.3 Å². The van der Waals surface area contributed by atoms with Crippen LogP contribution in [0.25, 0.3) is 82.8 Å². The molecule has 0 saturated carbocycles. The van der Waals surface area contributed by atoms with Gasteiger partial charge in [-0.25, -0.2) is 0 Å². The molecule has 286 valence electrons. The molecular weight excluding hydrogens is 736 g/mol. The third-order valence-electron chi connectivity index (χ3n) is 11.3. The first-order valence-electron chi connectivity index (χ1n) is 19.5. The van der Waals surface area contributed by atoms with Crippen LogP contribution in [-0.4, -0.2) is 9.13 Å². The predicted molar refractivity (Wildman–Crippen MR) is 238 cm³/mol. The minimum absolute atomic E-state index is 0.0582. The van der Waals surface area contributed by atoms with Crippen LogP contribution in [0.15, 0.2) is 176 Å². The van der Waals surface area contributed by atoms with Gasteiger partial charge in [-0.1, -0.05) is 139 Å². The Morgan fingerprint density at radius 3 is 1.86 bits per heavy atom. The molecule has 0 saturated heterocycles. The molecule has 0 aliphatic carbocycles. The van der Waals surface area contributed by atoms with E-state index >= 15 is 0 Å². The van der Waals surface area contributed by atoms with Crippen LogP contribution >= 0.6 is 0 Å². The first-order valence-corrected chi connectivity index (χ1v) is 19.5. The lowest BCUT2D eigenvalue weighted by molar-refractivity contribution is -0.137. The highest BCUT2D eigenvalue weighted by Crippen LogP contribution is 2.44. The normalized spacial score (nSPS) is 12.5. The summed E-state index contributed by atoms with van der Waals surface area (Å²) in [6.07, 6.45) is 1.33. The summed E-state index contributed by atoms with van der Waals surface area (Å²) in [5.74, 6) is 0. The van der Waals surface area contributed by atoms with Gasteiger partial charge in [-0.2, -0.15) is 18.4 Å². The van der Waals surface area contributed by atoms with Crippen LogP contribution in [0.4, 0.5) is 13.2 Å². The molecule has 0 atom stereocenters. The largest absolute Gasteiger partial charge is 0.417 e. The number of nitrogens with zero attached hydrogens (tertiary/aromatic N) is 3. The molecule has 9 aromatic rings. The van der Waals surface area contributed by atoms with Gasteiger partial charge in [0.25, 0.3) is 0 Å². The molecule has 0 amide bonds. The van der Waals surface area contributed by atoms with Gasteiger partial charge in [0, 0.05) is 27.1 Å². The Balaban J connectivity index is 1.46. The molecule has 0 aliphatic rings. The molecule has 0 aliphatic heterocycles. The number of halogens is 3. The van der Waals surface area contributed by atoms with Crippen molar-refractivity contribution in [2.45, 2.75) is 26.9 Å². The summed E-state index contributed by atoms with van der Waals surface area (Å²) in [6, 6.07) is 48.7. The zero-order valence-corrected chi connectivity index (χ0v) is 32.8. The number of alkyl halides is 3. The van der Waals surface area contributed by atoms with Gasteiger partial charge >= 0.3 is 6.18 Å². The second-order valence-electron chi connectivity index (χ2n) is 14.9. The molecule has 2 aromatic heterocycles. The van der Waals surface area contributed by atoms with E-state index in [-0.39, 0.29) is 16.7 Å². The molecule has 0 unspecified atom stereocenters. The minimum atomic E-state index is -4.65. The summed E-state index contributed by atoms with van der Waals surface area (Å²) in [6.45, 7) is 10.0. The number of rotatable bonds is 7. The third kappa shape index (κ3) is 6.32. The fourth-order valence-electron chi connectivity index (χ4n) is 8.50. The van der Waals surface area contributed by atoms with Gasteiger partial charge < -0.3 is 9.13 Å². The highest BCUT2D eigenvalue weighted by Gasteiger charge is 2.34. The standard InChI is InChI=1S/C53H38F3N3/c1-5-33(3)26-35(6-2)37-22-24-43-41-17-8-11-20-47(41)58(49(43)28-37)51-30-39(32-57)45(40-16-7-10-19-46(40)53(54,55)56)31-52(51)59-48-21-12-9-18-42(48)44-25-23-38(29-50(44)59)36-15-13-14-34(4)27-36/h5-31H,1H2,2-4H3/b33-26-,35-6+. The Morgan fingerprint density at radius 2 is 1.22 bits per heavy atom. The van der Waals surface area contributed by atoms with Crippen LogP contribution in [-0.2, 0) is 6.18 Å². The van der Waals surface area contributed by atoms with Crippen LogP contribution in [0.1, 0.15) is 36.1 Å². The van der Waals surface area contributed by atoms with E-state index in [0.29, 0.717) is 11.4 Å². The maximum absolute atomic E-state index is 14.8. The second kappa shape index (κ2) is 14.5. The molecule has 7 aromatic carbocycles. The van der Waals surface area contributed by atoms with Gasteiger partial charge in [0.15, 0.2) is 0 Å². The SMILES string of the molecule is C=C/C(C)=C\C(=C/C)c1ccc2c3ccccc3n(-c3cc(C#N)c(-c4ccccc4C(F)(F)F)cc3-n3c4ccccc4c4ccc(-c5cccc(C)c5)cc43)c2c1. The van der Waals surface area contributed by atoms with Crippen molar-refractivity contribution in [1.82, 2.24) is 9.13 Å². The van der Waals surface area contributed by atoms with Crippen LogP contribution in [0.2, 0.25) is 0 Å². The van der Waals surface area contributed by atoms with Gasteiger partial charge in [0.1, 0.15) is 0 Å². The van der Waals surface area contributed by atoms with Crippen molar-refractivity contribution in [3.63, 3.8) is 0 Å². The number of aromatic nitrogens is 2. The fourth-order valence-corrected chi connectivity index (χ4v) is 8.50. The molecule has 0 bridgehead atoms. The predicted octanol–water partition coefficient (Wildman–Crippen LogP) is 14.9. The van der Waals surface area contributed by atoms with E-state index in [9.17, 15) is 18.4 Å². The van der Waals surface area contributed by atoms with Gasteiger partial charge in [0.05, 0.1) is 50.6 Å². The Morgan fingerprint density at radius 1 is 0.627 bits per heavy atom. The summed E-state index contributed by atoms with van der Waals surface area (Å²) in [4.78, 5) is 0. The van der Waals surface area contributed by atoms with Crippen LogP contribution < -0.4 is 0 Å². The van der Waals surface area contributed by atoms with Crippen molar-refractivity contribution in [2.75, 3.05) is 0 Å². The Labute approximate surface area is 340 Å². The number of fused-ring (bicyclic) bond motifs is 6. The van der Waals surface area contributed by atoms with Crippen molar-refractivity contribution in [3.05, 3.63) is 198 Å². The third-order valence-corrected chi connectivity index (χ3v) is 11.3. The average molecular weight is 774 g/mol. The number of aryl methyl sites for hydroxylation is 1. The fraction of sp³-hybridized carbons (Fsp3) is 0.0755. The van der Waals surface area contributed by atoms with E-state index < -0.39 is 11.7 Å². The summed E-state index contributed by atoms with van der Waals surface area (Å²) >= 11 is 0. The van der Waals surface area contributed by atoms with Gasteiger partial charge in [-0.3, -0.25) is 0 Å². The first kappa shape index (κ1) is 37.2. The maximum Gasteiger partial charge on any atom is 0.417 e. The van der Waals surface area contributed by atoms with E-state index in [4.69, 9.17) is 0 Å². The molecule has 9 rings (SSSR count). The van der Waals surface area contributed by atoms with Crippen LogP contribution in [0.3, 0.4) is 0 Å². The molecule has 0 radical (unpaired) electrons. The van der Waals surface area contributed by atoms with Crippen molar-refractivity contribution in [1.29, 1.82) is 5.26 Å². The van der Waals surface area contributed by atoms with Gasteiger partial charge in [-0.15, -0.1) is 0 Å². The lowest BCUT2D eigenvalue weighted by atomic mass is 9.94. The molecule has 0 fully saturated rings. The van der Waals surface area contributed by atoms with Crippen molar-refractivity contribution >= 4 is 49.2 Å². The zero-order chi connectivity index (χ0) is 41.0. The topological polar surface area (TPSA) is 33.6 Å². The highest BCUT2D eigenvalue weighted by molar-refractivity contribution is 6.12. The number of benzene rings is 7. The van der Waals surface area contributed by atoms with Gasteiger partial charge in [-0.05, 0) is 91.1 Å². The van der Waals surface area contributed by atoms with E-state index in [1.54, 1.807) is 18.2 Å². The minimum Gasteiger partial charge on any atom is -0.307 e. The number of allylic oxidation sites excluding steroid dienone is 5. The Hall–Kier alpha value is -7.36. The summed E-state index contributed by atoms with van der Waals surface area (Å²) in [7, 11) is 0. The summed E-state index contributed by atoms with van der Waals surface area (Å²) in [5, 5.41) is 14.9. The lowest BCUT2D eigenvalue weighted by Crippen LogP contribution is -2.09. The number of para-hydroxylation sites is 2. The molecule has 3 nitrogen and oxygen atoms in total. The van der Waals surface area contributed by atoms with Crippen LogP contribution in [0, 0.1) is 18.3 Å². The second-order valence-corrected chi connectivity index (χ2v) is 14.9. The van der Waals surface area contributed by atoms with Crippen molar-refractivity contribution < 1.29 is 13.2 Å². The lowest BCUT2D eigenvalue weighted by Gasteiger charge is -2.21. The van der Waals surface area contributed by atoms with Crippen LogP contribution in [0.5, 0.6) is 0 Å². The first-order chi connectivity index (χ1) is 28.6. The van der Waals surface area contributed by atoms with Crippen molar-refractivity contribution in [3.8, 4) is 39.7 Å². The smallest absolute Gasteiger partial charge is 0.307 e. The van der Waals surface area contributed by atoms with E-state index in [0.717, 1.165) is 83.1 Å². The molecular formula is C53H38F3N3. The molecule has 59 heavy (non-hydrogen) atoms. The summed E-state index contributed by atoms with van der Waals surface area (Å²) < 4.78 is 48.6. The molecule has 2 heterocycles. The van der Waals surface area contributed by atoms with E-state index in [1.165, 1.54) is 12.1 Å². The molecule has 6 heteroatoms. The van der Waals surface area contributed by atoms with Gasteiger partial charge in [0.2, 0.25) is 0 Å². The Bertz CT molecular complexity index is 3270. The number of hydrogen-bond acceptors (Lipinski definition) is 1. The number of nitriles is 1. The quantitative estimate of drug-likeness (QED) is 0.149. The molecule has 0 N–H and O–H groups in total. The summed E-state index contributed by atoms with van der Waals surface area (Å²) in [5.41, 5.74) is 10.5. The van der Waals surface area contributed by atoms with E-state index in [2.05, 4.69) is 114 Å². The zero-order valence-electron chi connectivity index (χ0n) is 32.8. The highest BCUT2D eigenvalue weighted by atomic mass is 19.4. The monoisotopic (exact) mass is 773 g/mol. The van der Waals surface area contributed by atoms with Crippen molar-refractivity contribution in [2.24, 2.45) is 0 Å². The maximum atomic E-state index is 14.8. The average Bonchev–Trinajstić information content (AvgIpc) is 3.76. The Kier molecular flexibility index (Phi) is 9.18. The number of hydrogen-bond donors (Lipinski definition) is 0. The molecule has 0 spiro atoms.